The van der Waals surface area contributed by atoms with Crippen molar-refractivity contribution in [2.75, 3.05) is 0 Å². The van der Waals surface area contributed by atoms with Crippen LogP contribution < -0.4 is 4.34 Å². The smallest absolute Gasteiger partial charge is 0.321 e. The van der Waals surface area contributed by atoms with Gasteiger partial charge in [0, 0.05) is 16.1 Å². The molecule has 0 saturated carbocycles. The molecular formula is C6H12BrNO2. The van der Waals surface area contributed by atoms with Crippen LogP contribution in [0.3, 0.4) is 0 Å². The van der Waals surface area contributed by atoms with E-state index in [-0.39, 0.29) is 0 Å². The van der Waals surface area contributed by atoms with E-state index in [0.717, 1.165) is 12.8 Å². The molecule has 0 bridgehead atoms. The number of unbranched alkanes of at least 4 members (excludes halogenated alkanes) is 1. The van der Waals surface area contributed by atoms with Gasteiger partial charge in [0.15, 0.2) is 0 Å². The fraction of sp³-hybridized carbons (Fsp3) is 0.833. The van der Waals surface area contributed by atoms with Gasteiger partial charge in [0.1, 0.15) is 6.04 Å². The molecule has 3 nitrogen and oxygen atoms in total. The van der Waals surface area contributed by atoms with Crippen LogP contribution in [-0.2, 0) is 4.79 Å². The van der Waals surface area contributed by atoms with Crippen molar-refractivity contribution in [1.29, 1.82) is 0 Å². The SMILES string of the molecule is CCCC[C@H](NBr)C(=O)O. The summed E-state index contributed by atoms with van der Waals surface area (Å²) in [7, 11) is 0. The van der Waals surface area contributed by atoms with Crippen molar-refractivity contribution in [2.45, 2.75) is 32.2 Å². The van der Waals surface area contributed by atoms with Crippen LogP contribution in [-0.4, -0.2) is 17.1 Å². The molecule has 0 aromatic heterocycles. The zero-order valence-corrected chi connectivity index (χ0v) is 7.52. The lowest BCUT2D eigenvalue weighted by Crippen LogP contribution is -2.29. The van der Waals surface area contributed by atoms with E-state index >= 15 is 0 Å². The van der Waals surface area contributed by atoms with Crippen molar-refractivity contribution in [2.24, 2.45) is 0 Å². The first-order valence-electron chi connectivity index (χ1n) is 3.31. The molecule has 0 radical (unpaired) electrons. The number of carboxylic acids is 1. The highest BCUT2D eigenvalue weighted by Gasteiger charge is 2.13. The first-order chi connectivity index (χ1) is 4.72. The molecule has 0 aliphatic heterocycles. The highest BCUT2D eigenvalue weighted by Crippen LogP contribution is 2.01. The summed E-state index contributed by atoms with van der Waals surface area (Å²) in [5.41, 5.74) is 0. The summed E-state index contributed by atoms with van der Waals surface area (Å²) in [5, 5.41) is 8.51. The summed E-state index contributed by atoms with van der Waals surface area (Å²) < 4.78 is 2.55. The third-order valence-corrected chi connectivity index (χ3v) is 1.83. The molecule has 0 unspecified atom stereocenters. The fourth-order valence-corrected chi connectivity index (χ4v) is 1.06. The highest BCUT2D eigenvalue weighted by molar-refractivity contribution is 9.08. The van der Waals surface area contributed by atoms with Crippen molar-refractivity contribution >= 4 is 22.1 Å². The molecular weight excluding hydrogens is 198 g/mol. The Morgan fingerprint density at radius 3 is 2.70 bits per heavy atom. The Morgan fingerprint density at radius 1 is 1.80 bits per heavy atom. The van der Waals surface area contributed by atoms with Gasteiger partial charge in [-0.15, -0.1) is 0 Å². The van der Waals surface area contributed by atoms with Crippen LogP contribution in [0.2, 0.25) is 0 Å². The third kappa shape index (κ3) is 3.85. The maximum absolute atomic E-state index is 10.3. The van der Waals surface area contributed by atoms with Gasteiger partial charge >= 0.3 is 5.97 Å². The third-order valence-electron chi connectivity index (χ3n) is 1.28. The number of carboxylic acid groups (broad SMARTS) is 1. The van der Waals surface area contributed by atoms with E-state index in [9.17, 15) is 4.79 Å². The first-order valence-corrected chi connectivity index (χ1v) is 4.10. The quantitative estimate of drug-likeness (QED) is 0.676. The molecule has 0 saturated heterocycles. The van der Waals surface area contributed by atoms with Gasteiger partial charge in [-0.2, -0.15) is 0 Å². The number of carbonyl (C=O) groups is 1. The first kappa shape index (κ1) is 9.91. The van der Waals surface area contributed by atoms with Crippen molar-refractivity contribution in [3.63, 3.8) is 0 Å². The Morgan fingerprint density at radius 2 is 2.40 bits per heavy atom. The predicted molar refractivity (Wildman–Crippen MR) is 43.0 cm³/mol. The maximum Gasteiger partial charge on any atom is 0.321 e. The number of hydrogen-bond acceptors (Lipinski definition) is 2. The van der Waals surface area contributed by atoms with Crippen LogP contribution in [0.1, 0.15) is 26.2 Å². The summed E-state index contributed by atoms with van der Waals surface area (Å²) >= 11 is 2.92. The van der Waals surface area contributed by atoms with Crippen LogP contribution in [0.4, 0.5) is 0 Å². The maximum atomic E-state index is 10.3. The zero-order valence-electron chi connectivity index (χ0n) is 5.93. The fourth-order valence-electron chi connectivity index (χ4n) is 0.633. The standard InChI is InChI=1S/C6H12BrNO2/c1-2-3-4-5(8-7)6(9)10/h5,8H,2-4H2,1H3,(H,9,10)/t5-/m0/s1. The van der Waals surface area contributed by atoms with E-state index in [1.165, 1.54) is 0 Å². The van der Waals surface area contributed by atoms with E-state index in [1.54, 1.807) is 0 Å². The minimum Gasteiger partial charge on any atom is -0.480 e. The van der Waals surface area contributed by atoms with E-state index in [1.807, 2.05) is 6.92 Å². The number of hydrogen-bond donors (Lipinski definition) is 2. The van der Waals surface area contributed by atoms with Gasteiger partial charge in [-0.1, -0.05) is 19.8 Å². The lowest BCUT2D eigenvalue weighted by molar-refractivity contribution is -0.139. The highest BCUT2D eigenvalue weighted by atomic mass is 79.9. The number of nitrogens with one attached hydrogen (secondary N) is 1. The Kier molecular flexibility index (Phi) is 5.63. The van der Waals surface area contributed by atoms with Crippen LogP contribution in [0.25, 0.3) is 0 Å². The van der Waals surface area contributed by atoms with Gasteiger partial charge in [-0.25, -0.2) is 4.34 Å². The van der Waals surface area contributed by atoms with Crippen molar-refractivity contribution < 1.29 is 9.90 Å². The molecule has 0 rings (SSSR count). The van der Waals surface area contributed by atoms with Gasteiger partial charge in [0.05, 0.1) is 0 Å². The molecule has 2 N–H and O–H groups in total. The lowest BCUT2D eigenvalue weighted by Gasteiger charge is -2.07. The normalized spacial score (nSPS) is 13.0. The molecule has 0 amide bonds. The van der Waals surface area contributed by atoms with E-state index < -0.39 is 12.0 Å². The minimum atomic E-state index is -0.801. The number of halogens is 1. The predicted octanol–water partition coefficient (Wildman–Crippen LogP) is 1.53. The van der Waals surface area contributed by atoms with E-state index in [0.29, 0.717) is 6.42 Å². The largest absolute Gasteiger partial charge is 0.480 e. The number of rotatable bonds is 5. The van der Waals surface area contributed by atoms with Gasteiger partial charge in [0.2, 0.25) is 0 Å². The summed E-state index contributed by atoms with van der Waals surface area (Å²) in [5.74, 6) is -0.801. The van der Waals surface area contributed by atoms with Crippen LogP contribution >= 0.6 is 16.1 Å². The molecule has 4 heteroatoms. The monoisotopic (exact) mass is 209 g/mol. The van der Waals surface area contributed by atoms with Gasteiger partial charge in [-0.3, -0.25) is 4.79 Å². The molecule has 1 atom stereocenters. The van der Waals surface area contributed by atoms with Crippen molar-refractivity contribution in [1.82, 2.24) is 4.34 Å². The lowest BCUT2D eigenvalue weighted by atomic mass is 10.1. The molecule has 0 aliphatic carbocycles. The topological polar surface area (TPSA) is 49.3 Å². The summed E-state index contributed by atoms with van der Waals surface area (Å²) in [6.45, 7) is 2.03. The molecule has 0 spiro atoms. The van der Waals surface area contributed by atoms with Crippen LogP contribution in [0.5, 0.6) is 0 Å². The summed E-state index contributed by atoms with van der Waals surface area (Å²) in [6, 6.07) is -0.444. The van der Waals surface area contributed by atoms with Crippen LogP contribution in [0, 0.1) is 0 Å². The van der Waals surface area contributed by atoms with E-state index in [2.05, 4.69) is 20.5 Å². The molecule has 0 aromatic rings. The Hall–Kier alpha value is -0.0900. The molecule has 60 valence electrons. The minimum absolute atomic E-state index is 0.444. The Bertz CT molecular complexity index is 108. The van der Waals surface area contributed by atoms with Gasteiger partial charge in [0.25, 0.3) is 0 Å². The van der Waals surface area contributed by atoms with Gasteiger partial charge in [-0.05, 0) is 6.42 Å². The summed E-state index contributed by atoms with van der Waals surface area (Å²) in [6.07, 6.45) is 2.64. The molecule has 0 aromatic carbocycles. The second kappa shape index (κ2) is 5.68. The molecule has 0 fully saturated rings. The average Bonchev–Trinajstić information content (AvgIpc) is 1.89. The molecule has 0 heterocycles. The number of aliphatic carboxylic acids is 1. The molecule has 10 heavy (non-hydrogen) atoms. The van der Waals surface area contributed by atoms with Crippen molar-refractivity contribution in [3.05, 3.63) is 0 Å². The average molecular weight is 210 g/mol. The van der Waals surface area contributed by atoms with Crippen molar-refractivity contribution in [3.8, 4) is 0 Å². The van der Waals surface area contributed by atoms with Crippen LogP contribution in [0.15, 0.2) is 0 Å². The Balaban J connectivity index is 3.50. The second-order valence-corrected chi connectivity index (χ2v) is 2.60. The van der Waals surface area contributed by atoms with E-state index in [4.69, 9.17) is 5.11 Å². The molecule has 0 aliphatic rings. The zero-order chi connectivity index (χ0) is 7.98. The Labute approximate surface area is 69.1 Å². The van der Waals surface area contributed by atoms with Gasteiger partial charge < -0.3 is 5.11 Å². The summed E-state index contributed by atoms with van der Waals surface area (Å²) in [4.78, 5) is 10.3. The second-order valence-electron chi connectivity index (χ2n) is 2.14.